The van der Waals surface area contributed by atoms with E-state index in [1.807, 2.05) is 19.1 Å². The van der Waals surface area contributed by atoms with Crippen LogP contribution in [0.5, 0.6) is 0 Å². The predicted molar refractivity (Wildman–Crippen MR) is 92.7 cm³/mol. The van der Waals surface area contributed by atoms with Crippen LogP contribution in [0.1, 0.15) is 39.4 Å². The summed E-state index contributed by atoms with van der Waals surface area (Å²) < 4.78 is 5.18. The van der Waals surface area contributed by atoms with Crippen molar-refractivity contribution in [1.82, 2.24) is 15.1 Å². The first-order chi connectivity index (χ1) is 11.3. The van der Waals surface area contributed by atoms with Crippen LogP contribution in [0.2, 0.25) is 0 Å². The van der Waals surface area contributed by atoms with Crippen molar-refractivity contribution >= 4 is 5.82 Å². The van der Waals surface area contributed by atoms with Crippen molar-refractivity contribution in [3.8, 4) is 11.5 Å². The van der Waals surface area contributed by atoms with Crippen LogP contribution in [-0.2, 0) is 0 Å². The highest BCUT2D eigenvalue weighted by atomic mass is 16.5. The summed E-state index contributed by atoms with van der Waals surface area (Å²) in [6.45, 7) is 9.81. The van der Waals surface area contributed by atoms with Crippen molar-refractivity contribution in [2.45, 2.75) is 46.1 Å². The van der Waals surface area contributed by atoms with Crippen molar-refractivity contribution in [1.29, 1.82) is 0 Å². The summed E-state index contributed by atoms with van der Waals surface area (Å²) >= 11 is 0. The van der Waals surface area contributed by atoms with E-state index in [-0.39, 0.29) is 5.92 Å². The fourth-order valence-corrected chi connectivity index (χ4v) is 3.34. The Morgan fingerprint density at radius 1 is 1.42 bits per heavy atom. The lowest BCUT2D eigenvalue weighted by Crippen LogP contribution is -2.51. The molecule has 3 heterocycles. The fraction of sp³-hybridized carbons (Fsp3) is 0.611. The molecule has 2 aromatic rings. The van der Waals surface area contributed by atoms with Crippen LogP contribution in [0.4, 0.5) is 5.82 Å². The third-order valence-corrected chi connectivity index (χ3v) is 4.81. The molecule has 3 rings (SSSR count). The second-order valence-corrected chi connectivity index (χ2v) is 7.43. The average molecular weight is 330 g/mol. The number of aryl methyl sites for hydroxylation is 1. The normalized spacial score (nSPS) is 24.6. The van der Waals surface area contributed by atoms with E-state index in [0.717, 1.165) is 37.3 Å². The lowest BCUT2D eigenvalue weighted by Gasteiger charge is -2.44. The Morgan fingerprint density at radius 2 is 2.21 bits per heavy atom. The van der Waals surface area contributed by atoms with Crippen molar-refractivity contribution in [2.24, 2.45) is 11.8 Å². The summed E-state index contributed by atoms with van der Waals surface area (Å²) in [6, 6.07) is 3.95. The molecule has 2 atom stereocenters. The lowest BCUT2D eigenvalue weighted by atomic mass is 9.78. The second-order valence-electron chi connectivity index (χ2n) is 7.43. The number of anilines is 1. The van der Waals surface area contributed by atoms with Gasteiger partial charge < -0.3 is 14.5 Å². The number of pyridine rings is 1. The van der Waals surface area contributed by atoms with Gasteiger partial charge in [0.1, 0.15) is 5.82 Å². The largest absolute Gasteiger partial charge is 0.390 e. The Bertz CT molecular complexity index is 679. The molecule has 1 saturated heterocycles. The van der Waals surface area contributed by atoms with Crippen LogP contribution in [0.3, 0.4) is 0 Å². The van der Waals surface area contributed by atoms with Crippen LogP contribution in [0.15, 0.2) is 22.9 Å². The number of hydrogen-bond donors (Lipinski definition) is 1. The van der Waals surface area contributed by atoms with Crippen LogP contribution < -0.4 is 4.90 Å². The van der Waals surface area contributed by atoms with Gasteiger partial charge in [-0.2, -0.15) is 4.98 Å². The minimum Gasteiger partial charge on any atom is -0.390 e. The summed E-state index contributed by atoms with van der Waals surface area (Å²) in [5, 5.41) is 14.5. The van der Waals surface area contributed by atoms with Gasteiger partial charge in [0.05, 0.1) is 11.2 Å². The van der Waals surface area contributed by atoms with Gasteiger partial charge in [-0.1, -0.05) is 19.0 Å². The topological polar surface area (TPSA) is 75.3 Å². The maximum absolute atomic E-state index is 10.7. The molecule has 1 aliphatic heterocycles. The third-order valence-electron chi connectivity index (χ3n) is 4.81. The zero-order valence-corrected chi connectivity index (χ0v) is 14.9. The number of hydrogen-bond acceptors (Lipinski definition) is 6. The molecule has 0 unspecified atom stereocenters. The van der Waals surface area contributed by atoms with E-state index in [1.165, 1.54) is 0 Å². The van der Waals surface area contributed by atoms with Crippen LogP contribution >= 0.6 is 0 Å². The van der Waals surface area contributed by atoms with Gasteiger partial charge in [0.15, 0.2) is 5.82 Å². The Kier molecular flexibility index (Phi) is 4.58. The van der Waals surface area contributed by atoms with E-state index in [2.05, 4.69) is 33.9 Å². The molecule has 6 nitrogen and oxygen atoms in total. The molecule has 1 N–H and O–H groups in total. The molecule has 1 fully saturated rings. The van der Waals surface area contributed by atoms with E-state index >= 15 is 0 Å². The van der Waals surface area contributed by atoms with Crippen molar-refractivity contribution in [2.75, 3.05) is 18.0 Å². The molecule has 0 spiro atoms. The third kappa shape index (κ3) is 3.59. The lowest BCUT2D eigenvalue weighted by molar-refractivity contribution is -0.0247. The molecule has 0 aromatic carbocycles. The summed E-state index contributed by atoms with van der Waals surface area (Å²) in [4.78, 5) is 11.0. The summed E-state index contributed by atoms with van der Waals surface area (Å²) in [7, 11) is 0. The number of aromatic nitrogens is 3. The molecule has 0 amide bonds. The molecule has 0 aliphatic carbocycles. The highest BCUT2D eigenvalue weighted by Crippen LogP contribution is 2.34. The molecular weight excluding hydrogens is 304 g/mol. The van der Waals surface area contributed by atoms with Crippen molar-refractivity contribution in [3.05, 3.63) is 24.2 Å². The molecule has 1 aliphatic rings. The molecule has 6 heteroatoms. The highest BCUT2D eigenvalue weighted by molar-refractivity contribution is 5.54. The quantitative estimate of drug-likeness (QED) is 0.928. The first-order valence-electron chi connectivity index (χ1n) is 8.59. The maximum Gasteiger partial charge on any atom is 0.259 e. The van der Waals surface area contributed by atoms with E-state index < -0.39 is 5.60 Å². The van der Waals surface area contributed by atoms with Gasteiger partial charge >= 0.3 is 0 Å². The molecule has 0 bridgehead atoms. The van der Waals surface area contributed by atoms with Gasteiger partial charge in [0.25, 0.3) is 5.89 Å². The first kappa shape index (κ1) is 16.9. The standard InChI is InChI=1S/C18H26N4O2/c1-12(2)9-15-11-22(8-7-18(15,4)23)16-6-5-14(10-19-16)17-20-13(3)21-24-17/h5-6,10,12,15,23H,7-9,11H2,1-4H3/t15-,18+/m0/s1. The van der Waals surface area contributed by atoms with Gasteiger partial charge in [-0.3, -0.25) is 0 Å². The SMILES string of the molecule is Cc1noc(-c2ccc(N3CC[C@@](C)(O)[C@@H](CC(C)C)C3)nc2)n1. The molecule has 2 aromatic heterocycles. The molecule has 130 valence electrons. The van der Waals surface area contributed by atoms with E-state index in [4.69, 9.17) is 4.52 Å². The van der Waals surface area contributed by atoms with Gasteiger partial charge in [0.2, 0.25) is 0 Å². The van der Waals surface area contributed by atoms with E-state index in [1.54, 1.807) is 13.1 Å². The van der Waals surface area contributed by atoms with Crippen molar-refractivity contribution < 1.29 is 9.63 Å². The fourth-order valence-electron chi connectivity index (χ4n) is 3.34. The average Bonchev–Trinajstić information content (AvgIpc) is 2.96. The highest BCUT2D eigenvalue weighted by Gasteiger charge is 2.38. The number of aliphatic hydroxyl groups is 1. The smallest absolute Gasteiger partial charge is 0.259 e. The van der Waals surface area contributed by atoms with Gasteiger partial charge in [-0.15, -0.1) is 0 Å². The Hall–Kier alpha value is -1.95. The zero-order valence-electron chi connectivity index (χ0n) is 14.9. The summed E-state index contributed by atoms with van der Waals surface area (Å²) in [6.07, 6.45) is 3.55. The van der Waals surface area contributed by atoms with Crippen LogP contribution in [-0.4, -0.2) is 38.9 Å². The molecular formula is C18H26N4O2. The van der Waals surface area contributed by atoms with E-state index in [0.29, 0.717) is 17.6 Å². The van der Waals surface area contributed by atoms with Crippen molar-refractivity contribution in [3.63, 3.8) is 0 Å². The minimum atomic E-state index is -0.595. The zero-order chi connectivity index (χ0) is 17.3. The molecule has 0 saturated carbocycles. The Balaban J connectivity index is 1.74. The Morgan fingerprint density at radius 3 is 2.79 bits per heavy atom. The second kappa shape index (κ2) is 6.51. The maximum atomic E-state index is 10.7. The van der Waals surface area contributed by atoms with Crippen LogP contribution in [0, 0.1) is 18.8 Å². The van der Waals surface area contributed by atoms with Gasteiger partial charge in [-0.25, -0.2) is 4.98 Å². The van der Waals surface area contributed by atoms with Gasteiger partial charge in [-0.05, 0) is 44.7 Å². The number of piperidine rings is 1. The molecule has 0 radical (unpaired) electrons. The van der Waals surface area contributed by atoms with Crippen LogP contribution in [0.25, 0.3) is 11.5 Å². The summed E-state index contributed by atoms with van der Waals surface area (Å²) in [5.41, 5.74) is 0.226. The summed E-state index contributed by atoms with van der Waals surface area (Å²) in [5.74, 6) is 2.86. The number of rotatable bonds is 4. The Labute approximate surface area is 142 Å². The first-order valence-corrected chi connectivity index (χ1v) is 8.59. The predicted octanol–water partition coefficient (Wildman–Crippen LogP) is 3.06. The van der Waals surface area contributed by atoms with E-state index in [9.17, 15) is 5.11 Å². The number of nitrogens with zero attached hydrogens (tertiary/aromatic N) is 4. The molecule has 24 heavy (non-hydrogen) atoms. The van der Waals surface area contributed by atoms with Gasteiger partial charge in [0, 0.05) is 25.2 Å². The minimum absolute atomic E-state index is 0.256. The monoisotopic (exact) mass is 330 g/mol.